The molecule has 11 heteroatoms. The molecule has 1 radical (unpaired) electrons. The first kappa shape index (κ1) is 43.7. The summed E-state index contributed by atoms with van der Waals surface area (Å²) >= 11 is 0. The molecular weight excluding hydrogens is 778 g/mol. The van der Waals surface area contributed by atoms with E-state index in [2.05, 4.69) is 18.2 Å². The van der Waals surface area contributed by atoms with E-state index in [9.17, 15) is 13.0 Å². The van der Waals surface area contributed by atoms with Crippen molar-refractivity contribution in [3.05, 3.63) is 91.0 Å². The van der Waals surface area contributed by atoms with Crippen LogP contribution in [0, 0.1) is 6.07 Å². The van der Waals surface area contributed by atoms with Gasteiger partial charge in [0.25, 0.3) is 0 Å². The number of methoxy groups -OCH3 is 2. The largest absolute Gasteiger partial charge is 1.00 e. The standard InChI is InChI=1S/C26H35O5PS.C12H10N.ClH.Na.Pd/c1-30-22-17-18-24(33(27,28)29)26(31-2)25(22)21-15-9-10-16-23(21)32(19-11-5-3-6-12-19)20-13-7-4-8-14-20;13-12-9-5-4-8-11(12)10-6-2-1-3-7-10;;;/h9-10,15-20H,3-8,11-14H2,1-2H3,(H,27,28,29);1-6,8-9H,13H2;1H;;/q;;;+1;/p-2. The van der Waals surface area contributed by atoms with Gasteiger partial charge in [-0.05, 0) is 77.7 Å². The molecule has 2 fully saturated rings. The van der Waals surface area contributed by atoms with Crippen LogP contribution in [0.2, 0.25) is 0 Å². The summed E-state index contributed by atoms with van der Waals surface area (Å²) in [5.74, 6) is 0.605. The topological polar surface area (TPSA) is 102 Å². The normalized spacial score (nSPS) is 15.0. The monoisotopic (exact) mass is 821 g/mol. The van der Waals surface area contributed by atoms with Crippen LogP contribution in [0.5, 0.6) is 11.5 Å². The van der Waals surface area contributed by atoms with Crippen molar-refractivity contribution in [1.82, 2.24) is 0 Å². The first-order valence-corrected chi connectivity index (χ1v) is 19.1. The molecule has 0 saturated heterocycles. The second-order valence-corrected chi connectivity index (χ2v) is 16.1. The number of nitrogen functional groups attached to an aromatic ring is 1. The number of para-hydroxylation sites is 1. The summed E-state index contributed by atoms with van der Waals surface area (Å²) in [6.45, 7) is 0. The number of benzene rings is 4. The fourth-order valence-corrected chi connectivity index (χ4v) is 11.6. The Kier molecular flexibility index (Phi) is 18.9. The zero-order valence-corrected chi connectivity index (χ0v) is 34.5. The number of rotatable bonds is 8. The quantitative estimate of drug-likeness (QED) is 0.127. The third-order valence-electron chi connectivity index (χ3n) is 9.12. The Morgan fingerprint density at radius 3 is 1.82 bits per heavy atom. The third kappa shape index (κ3) is 11.0. The van der Waals surface area contributed by atoms with Gasteiger partial charge < -0.3 is 32.2 Å². The molecule has 0 atom stereocenters. The van der Waals surface area contributed by atoms with E-state index >= 15 is 0 Å². The first-order chi connectivity index (χ1) is 22.3. The number of ether oxygens (including phenoxy) is 2. The van der Waals surface area contributed by atoms with E-state index < -0.39 is 18.0 Å². The Labute approximate surface area is 336 Å². The van der Waals surface area contributed by atoms with Gasteiger partial charge in [0.15, 0.2) is 0 Å². The van der Waals surface area contributed by atoms with Crippen molar-refractivity contribution >= 4 is 29.0 Å². The van der Waals surface area contributed by atoms with Crippen LogP contribution in [-0.4, -0.2) is 38.5 Å². The second kappa shape index (κ2) is 21.2. The molecule has 0 aliphatic heterocycles. The number of nitrogens with two attached hydrogens (primary N) is 1. The van der Waals surface area contributed by atoms with Gasteiger partial charge in [-0.15, -0.1) is 0 Å². The molecule has 2 N–H and O–H groups in total. The smallest absolute Gasteiger partial charge is 1.00 e. The summed E-state index contributed by atoms with van der Waals surface area (Å²) in [7, 11) is -2.16. The Balaban J connectivity index is 0.000000440. The molecule has 2 aliphatic carbocycles. The molecule has 0 aromatic heterocycles. The summed E-state index contributed by atoms with van der Waals surface area (Å²) < 4.78 is 47.4. The Morgan fingerprint density at radius 2 is 1.31 bits per heavy atom. The summed E-state index contributed by atoms with van der Waals surface area (Å²) in [6, 6.07) is 30.0. The fraction of sp³-hybridized carbons (Fsp3) is 0.368. The van der Waals surface area contributed by atoms with E-state index in [0.29, 0.717) is 22.6 Å². The maximum absolute atomic E-state index is 12.0. The zero-order valence-electron chi connectivity index (χ0n) is 28.5. The molecule has 6 rings (SSSR count). The maximum atomic E-state index is 12.0. The zero-order chi connectivity index (χ0) is 32.5. The van der Waals surface area contributed by atoms with Crippen LogP contribution < -0.4 is 62.5 Å². The number of hydrogen-bond donors (Lipinski definition) is 1. The Hall–Kier alpha value is -1.43. The van der Waals surface area contributed by atoms with E-state index in [1.807, 2.05) is 60.7 Å². The van der Waals surface area contributed by atoms with Crippen LogP contribution in [0.4, 0.5) is 5.69 Å². The molecule has 0 amide bonds. The van der Waals surface area contributed by atoms with E-state index in [0.717, 1.165) is 22.4 Å². The van der Waals surface area contributed by atoms with Crippen LogP contribution in [0.1, 0.15) is 64.2 Å². The number of hydrogen-bond acceptors (Lipinski definition) is 6. The first-order valence-electron chi connectivity index (χ1n) is 16.2. The molecule has 0 heterocycles. The van der Waals surface area contributed by atoms with E-state index in [4.69, 9.17) is 15.2 Å². The van der Waals surface area contributed by atoms with Crippen molar-refractivity contribution in [2.45, 2.75) is 80.4 Å². The number of anilines is 1. The van der Waals surface area contributed by atoms with Crippen LogP contribution in [0.25, 0.3) is 22.3 Å². The molecule has 0 unspecified atom stereocenters. The second-order valence-electron chi connectivity index (χ2n) is 12.0. The fourth-order valence-electron chi connectivity index (χ4n) is 6.99. The van der Waals surface area contributed by atoms with Crippen molar-refractivity contribution in [2.24, 2.45) is 0 Å². The van der Waals surface area contributed by atoms with Gasteiger partial charge in [-0.25, -0.2) is 8.42 Å². The molecule has 4 aromatic rings. The van der Waals surface area contributed by atoms with Crippen LogP contribution in [0.3, 0.4) is 0 Å². The molecule has 2 saturated carbocycles. The van der Waals surface area contributed by atoms with Crippen LogP contribution >= 0.6 is 7.92 Å². The molecular formula is C38H44ClNNaO5PPdS-. The van der Waals surface area contributed by atoms with Crippen molar-refractivity contribution < 1.29 is 84.8 Å². The van der Waals surface area contributed by atoms with Gasteiger partial charge in [0.05, 0.1) is 24.7 Å². The van der Waals surface area contributed by atoms with Crippen molar-refractivity contribution in [2.75, 3.05) is 20.0 Å². The Morgan fingerprint density at radius 1 is 0.755 bits per heavy atom. The minimum absolute atomic E-state index is 0. The van der Waals surface area contributed by atoms with Crippen LogP contribution in [-0.2, 0) is 30.5 Å². The van der Waals surface area contributed by atoms with Gasteiger partial charge in [-0.3, -0.25) is 0 Å². The number of halogens is 1. The predicted molar refractivity (Wildman–Crippen MR) is 188 cm³/mol. The minimum atomic E-state index is -4.70. The van der Waals surface area contributed by atoms with Crippen molar-refractivity contribution in [3.63, 3.8) is 0 Å². The maximum Gasteiger partial charge on any atom is 1.00 e. The molecule has 261 valence electrons. The Bertz CT molecular complexity index is 1690. The average molecular weight is 823 g/mol. The van der Waals surface area contributed by atoms with Crippen molar-refractivity contribution in [3.8, 4) is 33.8 Å². The average Bonchev–Trinajstić information content (AvgIpc) is 3.09. The van der Waals surface area contributed by atoms with Crippen LogP contribution in [0.15, 0.2) is 89.8 Å². The molecule has 2 aliphatic rings. The summed E-state index contributed by atoms with van der Waals surface area (Å²) in [4.78, 5) is -0.338. The van der Waals surface area contributed by atoms with E-state index in [1.165, 1.54) is 82.7 Å². The molecule has 49 heavy (non-hydrogen) atoms. The molecule has 6 nitrogen and oxygen atoms in total. The summed E-state index contributed by atoms with van der Waals surface area (Å²) in [6.07, 6.45) is 12.8. The summed E-state index contributed by atoms with van der Waals surface area (Å²) in [5, 5.41) is 1.29. The van der Waals surface area contributed by atoms with Crippen molar-refractivity contribution in [1.29, 1.82) is 0 Å². The third-order valence-corrected chi connectivity index (χ3v) is 13.5. The van der Waals surface area contributed by atoms with Gasteiger partial charge in [-0.2, -0.15) is 0 Å². The van der Waals surface area contributed by atoms with E-state index in [-0.39, 0.29) is 73.0 Å². The minimum Gasteiger partial charge on any atom is -1.00 e. The summed E-state index contributed by atoms with van der Waals surface area (Å²) in [5.41, 5.74) is 11.6. The van der Waals surface area contributed by atoms with Gasteiger partial charge >= 0.3 is 29.6 Å². The molecule has 0 spiro atoms. The van der Waals surface area contributed by atoms with Gasteiger partial charge in [0.1, 0.15) is 21.6 Å². The van der Waals surface area contributed by atoms with Gasteiger partial charge in [0.2, 0.25) is 0 Å². The van der Waals surface area contributed by atoms with Gasteiger partial charge in [-0.1, -0.05) is 113 Å². The SMILES string of the molecule is COc1ccc(S(=O)(=O)[O-])c(OC)c1-c1ccccc1P(C1CCCCC1)C1CCCCC1.Nc1ccccc1-c1[c]cccc1.[Cl-].[Na+].[Pd]. The van der Waals surface area contributed by atoms with E-state index in [1.54, 1.807) is 13.2 Å². The molecule has 0 bridgehead atoms. The molecule has 4 aromatic carbocycles. The predicted octanol–water partition coefficient (Wildman–Crippen LogP) is 2.79. The van der Waals surface area contributed by atoms with Gasteiger partial charge in [0, 0.05) is 31.7 Å².